The van der Waals surface area contributed by atoms with Gasteiger partial charge < -0.3 is 14.7 Å². The van der Waals surface area contributed by atoms with E-state index in [0.717, 1.165) is 0 Å². The van der Waals surface area contributed by atoms with Gasteiger partial charge in [-0.05, 0) is 22.6 Å². The van der Waals surface area contributed by atoms with E-state index in [9.17, 15) is 9.59 Å². The summed E-state index contributed by atoms with van der Waals surface area (Å²) in [4.78, 5) is 25.2. The number of amides is 1. The van der Waals surface area contributed by atoms with Gasteiger partial charge in [0, 0.05) is 13.1 Å². The first-order valence-corrected chi connectivity index (χ1v) is 7.10. The molecule has 1 amide bonds. The number of hydrogen-bond donors (Lipinski definition) is 1. The SMILES string of the molecule is O=C(O)CC1CN(C(=O)c2ccccc2-n2cnnn2)CCO1. The molecular formula is C14H15N5O4. The number of aromatic nitrogens is 4. The van der Waals surface area contributed by atoms with Crippen LogP contribution in [-0.2, 0) is 9.53 Å². The molecule has 120 valence electrons. The van der Waals surface area contributed by atoms with Crippen LogP contribution in [-0.4, -0.2) is 67.9 Å². The number of carbonyl (C=O) groups excluding carboxylic acids is 1. The van der Waals surface area contributed by atoms with Gasteiger partial charge in [-0.1, -0.05) is 12.1 Å². The molecular weight excluding hydrogens is 302 g/mol. The summed E-state index contributed by atoms with van der Waals surface area (Å²) in [5.74, 6) is -1.15. The smallest absolute Gasteiger partial charge is 0.306 e. The largest absolute Gasteiger partial charge is 0.481 e. The van der Waals surface area contributed by atoms with Crippen molar-refractivity contribution in [2.24, 2.45) is 0 Å². The molecule has 0 bridgehead atoms. The lowest BCUT2D eigenvalue weighted by molar-refractivity contribution is -0.141. The van der Waals surface area contributed by atoms with Gasteiger partial charge in [0.05, 0.1) is 30.4 Å². The highest BCUT2D eigenvalue weighted by Crippen LogP contribution is 2.18. The summed E-state index contributed by atoms with van der Waals surface area (Å²) in [6.07, 6.45) is 0.794. The van der Waals surface area contributed by atoms with Crippen LogP contribution in [0.4, 0.5) is 0 Å². The lowest BCUT2D eigenvalue weighted by atomic mass is 10.1. The van der Waals surface area contributed by atoms with Crippen LogP contribution >= 0.6 is 0 Å². The molecule has 1 aliphatic heterocycles. The monoisotopic (exact) mass is 317 g/mol. The first kappa shape index (κ1) is 15.1. The van der Waals surface area contributed by atoms with Crippen molar-refractivity contribution in [1.82, 2.24) is 25.1 Å². The molecule has 9 nitrogen and oxygen atoms in total. The van der Waals surface area contributed by atoms with Crippen LogP contribution in [0.2, 0.25) is 0 Å². The minimum absolute atomic E-state index is 0.127. The second kappa shape index (κ2) is 6.53. The summed E-state index contributed by atoms with van der Waals surface area (Å²) in [5.41, 5.74) is 1.03. The lowest BCUT2D eigenvalue weighted by Crippen LogP contribution is -2.46. The Balaban J connectivity index is 1.82. The van der Waals surface area contributed by atoms with Gasteiger partial charge >= 0.3 is 5.97 Å². The zero-order valence-corrected chi connectivity index (χ0v) is 12.2. The maximum Gasteiger partial charge on any atom is 0.306 e. The van der Waals surface area contributed by atoms with Crippen LogP contribution in [0.5, 0.6) is 0 Å². The summed E-state index contributed by atoms with van der Waals surface area (Å²) < 4.78 is 6.81. The van der Waals surface area contributed by atoms with Gasteiger partial charge in [-0.15, -0.1) is 5.10 Å². The fraction of sp³-hybridized carbons (Fsp3) is 0.357. The number of ether oxygens (including phenoxy) is 1. The molecule has 9 heteroatoms. The summed E-state index contributed by atoms with van der Waals surface area (Å²) >= 11 is 0. The van der Waals surface area contributed by atoms with E-state index in [1.165, 1.54) is 11.0 Å². The highest BCUT2D eigenvalue weighted by molar-refractivity contribution is 5.97. The van der Waals surface area contributed by atoms with Crippen LogP contribution in [0.25, 0.3) is 5.69 Å². The Bertz CT molecular complexity index is 703. The number of hydrogen-bond acceptors (Lipinski definition) is 6. The molecule has 1 aromatic carbocycles. The minimum Gasteiger partial charge on any atom is -0.481 e. The maximum absolute atomic E-state index is 12.8. The summed E-state index contributed by atoms with van der Waals surface area (Å²) in [5, 5.41) is 19.8. The quantitative estimate of drug-likeness (QED) is 0.843. The number of nitrogens with zero attached hydrogens (tertiary/aromatic N) is 5. The molecule has 0 aliphatic carbocycles. The van der Waals surface area contributed by atoms with Gasteiger partial charge in [0.1, 0.15) is 6.33 Å². The van der Waals surface area contributed by atoms with Gasteiger partial charge in [0.2, 0.25) is 0 Å². The summed E-state index contributed by atoms with van der Waals surface area (Å²) in [6.45, 7) is 0.977. The van der Waals surface area contributed by atoms with E-state index in [4.69, 9.17) is 9.84 Å². The zero-order chi connectivity index (χ0) is 16.2. The first-order valence-electron chi connectivity index (χ1n) is 7.10. The molecule has 3 rings (SSSR count). The number of para-hydroxylation sites is 1. The van der Waals surface area contributed by atoms with Crippen LogP contribution in [0.3, 0.4) is 0 Å². The van der Waals surface area contributed by atoms with Crippen molar-refractivity contribution in [2.75, 3.05) is 19.7 Å². The molecule has 0 radical (unpaired) electrons. The van der Waals surface area contributed by atoms with E-state index in [1.807, 2.05) is 0 Å². The summed E-state index contributed by atoms with van der Waals surface area (Å²) in [6, 6.07) is 7.00. The molecule has 0 saturated carbocycles. The Morgan fingerprint density at radius 3 is 2.91 bits per heavy atom. The van der Waals surface area contributed by atoms with E-state index < -0.39 is 12.1 Å². The van der Waals surface area contributed by atoms with Crippen LogP contribution in [0, 0.1) is 0 Å². The van der Waals surface area contributed by atoms with Gasteiger partial charge in [-0.3, -0.25) is 9.59 Å². The number of carbonyl (C=O) groups is 2. The normalized spacial score (nSPS) is 17.9. The van der Waals surface area contributed by atoms with Gasteiger partial charge in [-0.2, -0.15) is 4.68 Å². The highest BCUT2D eigenvalue weighted by atomic mass is 16.5. The van der Waals surface area contributed by atoms with Crippen molar-refractivity contribution in [1.29, 1.82) is 0 Å². The van der Waals surface area contributed by atoms with Crippen LogP contribution < -0.4 is 0 Å². The van der Waals surface area contributed by atoms with Gasteiger partial charge in [-0.25, -0.2) is 0 Å². The fourth-order valence-electron chi connectivity index (χ4n) is 2.52. The molecule has 1 atom stereocenters. The average molecular weight is 317 g/mol. The fourth-order valence-corrected chi connectivity index (χ4v) is 2.52. The standard InChI is InChI=1S/C14H15N5O4/c20-13(21)7-10-8-18(5-6-23-10)14(22)11-3-1-2-4-12(11)19-9-15-16-17-19/h1-4,9-10H,5-8H2,(H,20,21). The van der Waals surface area contributed by atoms with E-state index in [0.29, 0.717) is 24.4 Å². The molecule has 1 saturated heterocycles. The Morgan fingerprint density at radius 2 is 2.17 bits per heavy atom. The van der Waals surface area contributed by atoms with Crippen molar-refractivity contribution in [3.05, 3.63) is 36.2 Å². The lowest BCUT2D eigenvalue weighted by Gasteiger charge is -2.32. The third-order valence-corrected chi connectivity index (χ3v) is 3.56. The Kier molecular flexibility index (Phi) is 4.29. The topological polar surface area (TPSA) is 110 Å². The molecule has 1 aromatic heterocycles. The number of carboxylic acid groups (broad SMARTS) is 1. The van der Waals surface area contributed by atoms with E-state index in [1.54, 1.807) is 29.2 Å². The van der Waals surface area contributed by atoms with E-state index in [-0.39, 0.29) is 18.9 Å². The minimum atomic E-state index is -0.946. The average Bonchev–Trinajstić information content (AvgIpc) is 3.08. The highest BCUT2D eigenvalue weighted by Gasteiger charge is 2.28. The van der Waals surface area contributed by atoms with Crippen LogP contribution in [0.1, 0.15) is 16.8 Å². The number of tetrazole rings is 1. The van der Waals surface area contributed by atoms with Crippen molar-refractivity contribution in [3.63, 3.8) is 0 Å². The van der Waals surface area contributed by atoms with Crippen molar-refractivity contribution in [2.45, 2.75) is 12.5 Å². The van der Waals surface area contributed by atoms with Crippen LogP contribution in [0.15, 0.2) is 30.6 Å². The number of rotatable bonds is 4. The number of carboxylic acids is 1. The number of benzene rings is 1. The molecule has 0 spiro atoms. The Morgan fingerprint density at radius 1 is 1.35 bits per heavy atom. The molecule has 1 N–H and O–H groups in total. The van der Waals surface area contributed by atoms with Crippen molar-refractivity contribution < 1.29 is 19.4 Å². The van der Waals surface area contributed by atoms with E-state index >= 15 is 0 Å². The third kappa shape index (κ3) is 3.34. The zero-order valence-electron chi connectivity index (χ0n) is 12.2. The molecule has 1 aliphatic rings. The second-order valence-corrected chi connectivity index (χ2v) is 5.11. The van der Waals surface area contributed by atoms with E-state index in [2.05, 4.69) is 15.5 Å². The molecule has 2 heterocycles. The van der Waals surface area contributed by atoms with Crippen molar-refractivity contribution in [3.8, 4) is 5.69 Å². The first-order chi connectivity index (χ1) is 11.1. The molecule has 1 unspecified atom stereocenters. The van der Waals surface area contributed by atoms with Gasteiger partial charge in [0.15, 0.2) is 0 Å². The van der Waals surface area contributed by atoms with Gasteiger partial charge in [0.25, 0.3) is 5.91 Å². The predicted octanol–water partition coefficient (Wildman–Crippen LogP) is -0.0220. The predicted molar refractivity (Wildman–Crippen MR) is 77.1 cm³/mol. The third-order valence-electron chi connectivity index (χ3n) is 3.56. The molecule has 1 fully saturated rings. The Hall–Kier alpha value is -2.81. The molecule has 2 aromatic rings. The Labute approximate surface area is 131 Å². The second-order valence-electron chi connectivity index (χ2n) is 5.11. The molecule has 23 heavy (non-hydrogen) atoms. The number of aliphatic carboxylic acids is 1. The maximum atomic E-state index is 12.8. The summed E-state index contributed by atoms with van der Waals surface area (Å²) in [7, 11) is 0. The number of morpholine rings is 1. The van der Waals surface area contributed by atoms with Crippen molar-refractivity contribution >= 4 is 11.9 Å².